The van der Waals surface area contributed by atoms with Gasteiger partial charge < -0.3 is 14.8 Å². The number of anilines is 1. The Kier molecular flexibility index (Phi) is 6.61. The largest absolute Gasteiger partial charge is 0.497 e. The van der Waals surface area contributed by atoms with Crippen LogP contribution in [0.3, 0.4) is 0 Å². The van der Waals surface area contributed by atoms with Crippen LogP contribution in [0.15, 0.2) is 77.7 Å². The summed E-state index contributed by atoms with van der Waals surface area (Å²) in [5.74, 6) is -0.354. The number of hydrogen-bond acceptors (Lipinski definition) is 5. The highest BCUT2D eigenvalue weighted by atomic mass is 35.5. The quantitative estimate of drug-likeness (QED) is 0.295. The van der Waals surface area contributed by atoms with Crippen molar-refractivity contribution < 1.29 is 18.7 Å². The molecule has 0 spiro atoms. The molecule has 38 heavy (non-hydrogen) atoms. The highest BCUT2D eigenvalue weighted by Crippen LogP contribution is 2.33. The third-order valence-electron chi connectivity index (χ3n) is 6.18. The minimum atomic E-state index is -0.695. The number of aromatic nitrogens is 3. The Hall–Kier alpha value is -4.63. The van der Waals surface area contributed by atoms with Crippen molar-refractivity contribution >= 4 is 34.1 Å². The molecule has 0 fully saturated rings. The number of pyridine rings is 1. The molecule has 3 aromatic carbocycles. The van der Waals surface area contributed by atoms with Crippen LogP contribution in [0.5, 0.6) is 17.2 Å². The second kappa shape index (κ2) is 10.0. The standard InChI is InChI=1S/C28H22ClFN4O4/c1-16-26(28(36)34(33(16)2)23-7-5-4-6-20(23)29)27(35)32-17-8-11-25(21(30)14-17)38-24-12-13-31-22-15-18(37-3)9-10-19(22)24/h4-15H,1-3H3,(H,32,35). The summed E-state index contributed by atoms with van der Waals surface area (Å²) >= 11 is 6.27. The first-order chi connectivity index (χ1) is 18.3. The van der Waals surface area contributed by atoms with E-state index in [-0.39, 0.29) is 17.0 Å². The molecule has 192 valence electrons. The lowest BCUT2D eigenvalue weighted by atomic mass is 10.2. The number of methoxy groups -OCH3 is 1. The van der Waals surface area contributed by atoms with E-state index in [4.69, 9.17) is 21.1 Å². The number of halogens is 2. The number of rotatable bonds is 6. The van der Waals surface area contributed by atoms with Gasteiger partial charge in [-0.3, -0.25) is 19.3 Å². The lowest BCUT2D eigenvalue weighted by Gasteiger charge is -2.11. The van der Waals surface area contributed by atoms with E-state index in [9.17, 15) is 9.59 Å². The first-order valence-electron chi connectivity index (χ1n) is 11.5. The van der Waals surface area contributed by atoms with E-state index in [0.717, 1.165) is 6.07 Å². The van der Waals surface area contributed by atoms with Crippen molar-refractivity contribution in [3.63, 3.8) is 0 Å². The zero-order chi connectivity index (χ0) is 27.0. The second-order valence-electron chi connectivity index (χ2n) is 8.45. The Balaban J connectivity index is 1.40. The number of amides is 1. The van der Waals surface area contributed by atoms with E-state index in [0.29, 0.717) is 38.8 Å². The molecule has 2 heterocycles. The minimum absolute atomic E-state index is 0.0386. The number of fused-ring (bicyclic) bond motifs is 1. The van der Waals surface area contributed by atoms with Crippen molar-refractivity contribution in [1.82, 2.24) is 14.3 Å². The van der Waals surface area contributed by atoms with Gasteiger partial charge in [-0.2, -0.15) is 0 Å². The van der Waals surface area contributed by atoms with E-state index in [2.05, 4.69) is 10.3 Å². The summed E-state index contributed by atoms with van der Waals surface area (Å²) in [7, 11) is 3.21. The summed E-state index contributed by atoms with van der Waals surface area (Å²) in [5, 5.41) is 3.64. The van der Waals surface area contributed by atoms with E-state index in [1.165, 1.54) is 16.8 Å². The van der Waals surface area contributed by atoms with Gasteiger partial charge in [0.15, 0.2) is 11.6 Å². The third kappa shape index (κ3) is 4.48. The predicted octanol–water partition coefficient (Wildman–Crippen LogP) is 5.88. The summed E-state index contributed by atoms with van der Waals surface area (Å²) < 4.78 is 28.9. The third-order valence-corrected chi connectivity index (χ3v) is 6.50. The molecule has 0 saturated heterocycles. The fraction of sp³-hybridized carbons (Fsp3) is 0.107. The van der Waals surface area contributed by atoms with Crippen molar-refractivity contribution in [2.24, 2.45) is 7.05 Å². The highest BCUT2D eigenvalue weighted by molar-refractivity contribution is 6.32. The number of carbonyl (C=O) groups excluding carboxylic acids is 1. The SMILES string of the molecule is COc1ccc2c(Oc3ccc(NC(=O)c4c(C)n(C)n(-c5ccccc5Cl)c4=O)cc3F)ccnc2c1. The van der Waals surface area contributed by atoms with Gasteiger partial charge in [-0.1, -0.05) is 23.7 Å². The van der Waals surface area contributed by atoms with Gasteiger partial charge in [-0.15, -0.1) is 0 Å². The van der Waals surface area contributed by atoms with Crippen molar-refractivity contribution in [3.05, 3.63) is 105 Å². The van der Waals surface area contributed by atoms with Gasteiger partial charge >= 0.3 is 0 Å². The van der Waals surface area contributed by atoms with Gasteiger partial charge in [0.2, 0.25) is 0 Å². The lowest BCUT2D eigenvalue weighted by Crippen LogP contribution is -2.25. The average Bonchev–Trinajstić information content (AvgIpc) is 3.13. The molecule has 5 aromatic rings. The van der Waals surface area contributed by atoms with Gasteiger partial charge in [0.25, 0.3) is 11.5 Å². The molecule has 1 amide bonds. The van der Waals surface area contributed by atoms with Crippen LogP contribution in [-0.4, -0.2) is 27.4 Å². The van der Waals surface area contributed by atoms with Crippen molar-refractivity contribution in [1.29, 1.82) is 0 Å². The normalized spacial score (nSPS) is 11.0. The van der Waals surface area contributed by atoms with Crippen LogP contribution in [0, 0.1) is 12.7 Å². The molecular weight excluding hydrogens is 511 g/mol. The number of nitrogens with zero attached hydrogens (tertiary/aromatic N) is 3. The van der Waals surface area contributed by atoms with E-state index < -0.39 is 17.3 Å². The number of benzene rings is 3. The highest BCUT2D eigenvalue weighted by Gasteiger charge is 2.23. The van der Waals surface area contributed by atoms with Crippen molar-refractivity contribution in [2.45, 2.75) is 6.92 Å². The monoisotopic (exact) mass is 532 g/mol. The second-order valence-corrected chi connectivity index (χ2v) is 8.85. The van der Waals surface area contributed by atoms with Crippen LogP contribution in [-0.2, 0) is 7.05 Å². The number of nitrogens with one attached hydrogen (secondary N) is 1. The molecular formula is C28H22ClFN4O4. The van der Waals surface area contributed by atoms with E-state index in [1.54, 1.807) is 80.5 Å². The number of para-hydroxylation sites is 1. The summed E-state index contributed by atoms with van der Waals surface area (Å²) in [6, 6.07) is 17.8. The molecule has 5 rings (SSSR count). The number of hydrogen-bond donors (Lipinski definition) is 1. The fourth-order valence-electron chi connectivity index (χ4n) is 4.16. The van der Waals surface area contributed by atoms with Crippen LogP contribution in [0.1, 0.15) is 16.1 Å². The predicted molar refractivity (Wildman–Crippen MR) is 143 cm³/mol. The summed E-state index contributed by atoms with van der Waals surface area (Å²) in [6.45, 7) is 1.65. The molecule has 0 radical (unpaired) electrons. The van der Waals surface area contributed by atoms with Gasteiger partial charge in [-0.05, 0) is 49.4 Å². The molecule has 0 aliphatic heterocycles. The van der Waals surface area contributed by atoms with Crippen LogP contribution in [0.2, 0.25) is 5.02 Å². The first kappa shape index (κ1) is 25.0. The smallest absolute Gasteiger partial charge is 0.284 e. The molecule has 0 bridgehead atoms. The Labute approximate surface area is 221 Å². The zero-order valence-corrected chi connectivity index (χ0v) is 21.4. The first-order valence-corrected chi connectivity index (χ1v) is 11.9. The fourth-order valence-corrected chi connectivity index (χ4v) is 4.37. The molecule has 8 nitrogen and oxygen atoms in total. The minimum Gasteiger partial charge on any atom is -0.497 e. The molecule has 0 aliphatic carbocycles. The Morgan fingerprint density at radius 3 is 2.58 bits per heavy atom. The maximum atomic E-state index is 15.0. The molecule has 2 aromatic heterocycles. The van der Waals surface area contributed by atoms with Gasteiger partial charge in [0, 0.05) is 36.5 Å². The molecule has 10 heteroatoms. The molecule has 0 atom stereocenters. The average molecular weight is 533 g/mol. The summed E-state index contributed by atoms with van der Waals surface area (Å²) in [5.41, 5.74) is 1.04. The van der Waals surface area contributed by atoms with Crippen LogP contribution >= 0.6 is 11.6 Å². The number of carbonyl (C=O) groups is 1. The maximum Gasteiger partial charge on any atom is 0.284 e. The molecule has 0 saturated carbocycles. The Morgan fingerprint density at radius 1 is 1.05 bits per heavy atom. The maximum absolute atomic E-state index is 15.0. The molecule has 0 unspecified atom stereocenters. The molecule has 0 aliphatic rings. The van der Waals surface area contributed by atoms with Gasteiger partial charge in [0.05, 0.1) is 29.0 Å². The van der Waals surface area contributed by atoms with E-state index in [1.807, 2.05) is 0 Å². The van der Waals surface area contributed by atoms with Gasteiger partial charge in [0.1, 0.15) is 17.1 Å². The molecule has 1 N–H and O–H groups in total. The van der Waals surface area contributed by atoms with E-state index >= 15 is 4.39 Å². The summed E-state index contributed by atoms with van der Waals surface area (Å²) in [6.07, 6.45) is 1.56. The van der Waals surface area contributed by atoms with Crippen molar-refractivity contribution in [3.8, 4) is 22.9 Å². The Bertz CT molecular complexity index is 1760. The topological polar surface area (TPSA) is 87.4 Å². The lowest BCUT2D eigenvalue weighted by molar-refractivity contribution is 0.102. The van der Waals surface area contributed by atoms with Crippen LogP contribution in [0.4, 0.5) is 10.1 Å². The number of ether oxygens (including phenoxy) is 2. The van der Waals surface area contributed by atoms with Gasteiger partial charge in [-0.25, -0.2) is 9.07 Å². The van der Waals surface area contributed by atoms with Crippen LogP contribution < -0.4 is 20.3 Å². The van der Waals surface area contributed by atoms with Crippen LogP contribution in [0.25, 0.3) is 16.6 Å². The zero-order valence-electron chi connectivity index (χ0n) is 20.7. The van der Waals surface area contributed by atoms with Crippen molar-refractivity contribution in [2.75, 3.05) is 12.4 Å². The summed E-state index contributed by atoms with van der Waals surface area (Å²) in [4.78, 5) is 30.6. The Morgan fingerprint density at radius 2 is 1.84 bits per heavy atom.